The van der Waals surface area contributed by atoms with Gasteiger partial charge in [0.05, 0.1) is 16.6 Å². The highest BCUT2D eigenvalue weighted by Crippen LogP contribution is 2.27. The summed E-state index contributed by atoms with van der Waals surface area (Å²) in [4.78, 5) is 16.5. The van der Waals surface area contributed by atoms with E-state index in [1.165, 1.54) is 0 Å². The molecule has 0 unspecified atom stereocenters. The third kappa shape index (κ3) is 4.15. The first kappa shape index (κ1) is 20.6. The fourth-order valence-corrected chi connectivity index (χ4v) is 4.02. The molecule has 0 spiro atoms. The Labute approximate surface area is 182 Å². The van der Waals surface area contributed by atoms with Crippen molar-refractivity contribution < 1.29 is 9.90 Å². The molecule has 156 valence electrons. The lowest BCUT2D eigenvalue weighted by Crippen LogP contribution is -2.06. The molecule has 0 bridgehead atoms. The van der Waals surface area contributed by atoms with Gasteiger partial charge in [-0.25, -0.2) is 9.78 Å². The van der Waals surface area contributed by atoms with E-state index in [4.69, 9.17) is 4.98 Å². The van der Waals surface area contributed by atoms with Crippen LogP contribution in [0.1, 0.15) is 47.1 Å². The molecule has 0 aliphatic rings. The van der Waals surface area contributed by atoms with Crippen molar-refractivity contribution in [1.29, 1.82) is 0 Å². The van der Waals surface area contributed by atoms with E-state index in [-0.39, 0.29) is 0 Å². The minimum atomic E-state index is -0.915. The van der Waals surface area contributed by atoms with Crippen LogP contribution in [0, 0.1) is 0 Å². The Hall–Kier alpha value is -3.66. The van der Waals surface area contributed by atoms with Crippen LogP contribution < -0.4 is 0 Å². The highest BCUT2D eigenvalue weighted by molar-refractivity contribution is 5.96. The van der Waals surface area contributed by atoms with Gasteiger partial charge in [0.15, 0.2) is 0 Å². The first-order valence-corrected chi connectivity index (χ1v) is 10.6. The molecule has 4 aromatic rings. The minimum absolute atomic E-state index is 0.313. The lowest BCUT2D eigenvalue weighted by Gasteiger charge is -2.12. The van der Waals surface area contributed by atoms with E-state index in [2.05, 4.69) is 42.3 Å². The number of nitrogens with zero attached hydrogens (tertiary/aromatic N) is 2. The summed E-state index contributed by atoms with van der Waals surface area (Å²) in [5.41, 5.74) is 6.28. The molecule has 1 N–H and O–H groups in total. The van der Waals surface area contributed by atoms with Crippen LogP contribution in [0.4, 0.5) is 0 Å². The topological polar surface area (TPSA) is 55.1 Å². The van der Waals surface area contributed by atoms with E-state index in [1.807, 2.05) is 36.4 Å². The zero-order chi connectivity index (χ0) is 21.8. The average molecular weight is 411 g/mol. The molecule has 0 aliphatic carbocycles. The molecule has 1 aromatic heterocycles. The van der Waals surface area contributed by atoms with Gasteiger partial charge < -0.3 is 9.67 Å². The maximum absolute atomic E-state index is 11.6. The lowest BCUT2D eigenvalue weighted by molar-refractivity contribution is 0.0697. The Morgan fingerprint density at radius 2 is 1.84 bits per heavy atom. The smallest absolute Gasteiger partial charge is 0.336 e. The number of carboxylic acids is 1. The number of unbranched alkanes of at least 4 members (excludes halogenated alkanes) is 1. The Morgan fingerprint density at radius 1 is 1.06 bits per heavy atom. The van der Waals surface area contributed by atoms with E-state index in [0.717, 1.165) is 58.4 Å². The van der Waals surface area contributed by atoms with Gasteiger partial charge in [0.2, 0.25) is 0 Å². The molecule has 0 atom stereocenters. The highest BCUT2D eigenvalue weighted by Gasteiger charge is 2.14. The Morgan fingerprint density at radius 3 is 2.55 bits per heavy atom. The van der Waals surface area contributed by atoms with E-state index in [0.29, 0.717) is 12.1 Å². The third-order valence-electron chi connectivity index (χ3n) is 5.61. The first-order chi connectivity index (χ1) is 15.1. The van der Waals surface area contributed by atoms with Crippen LogP contribution in [0.3, 0.4) is 0 Å². The predicted octanol–water partition coefficient (Wildman–Crippen LogP) is 6.44. The molecule has 31 heavy (non-hydrogen) atoms. The second-order valence-electron chi connectivity index (χ2n) is 7.68. The summed E-state index contributed by atoms with van der Waals surface area (Å²) in [5.74, 6) is 0.175. The van der Waals surface area contributed by atoms with Crippen molar-refractivity contribution >= 4 is 23.1 Å². The summed E-state index contributed by atoms with van der Waals surface area (Å²) in [6, 6.07) is 21.4. The molecule has 4 heteroatoms. The molecule has 0 saturated heterocycles. The van der Waals surface area contributed by atoms with Gasteiger partial charge in [-0.2, -0.15) is 0 Å². The molecule has 0 saturated carbocycles. The Kier molecular flexibility index (Phi) is 5.99. The maximum atomic E-state index is 11.6. The van der Waals surface area contributed by atoms with Crippen molar-refractivity contribution in [3.63, 3.8) is 0 Å². The molecule has 0 amide bonds. The fraction of sp³-hybridized carbons (Fsp3) is 0.185. The van der Waals surface area contributed by atoms with Crippen molar-refractivity contribution in [2.45, 2.75) is 32.7 Å². The average Bonchev–Trinajstić information content (AvgIpc) is 3.15. The number of aromatic nitrogens is 2. The van der Waals surface area contributed by atoms with E-state index < -0.39 is 5.97 Å². The molecule has 4 nitrogen and oxygen atoms in total. The number of imidazole rings is 1. The molecule has 0 radical (unpaired) electrons. The van der Waals surface area contributed by atoms with Crippen LogP contribution in [0.15, 0.2) is 73.3 Å². The normalized spacial score (nSPS) is 11.0. The number of aryl methyl sites for hydroxylation is 1. The van der Waals surface area contributed by atoms with E-state index in [9.17, 15) is 9.90 Å². The standard InChI is InChI=1S/C27H26N2O2/c1-3-5-13-25-28-24-12-8-9-20(4-2)26(24)29(25)18-19-14-16-21(17-15-19)22-10-6-7-11-23(22)27(30)31/h4,6-12,14-17H,2-3,5,13,18H2,1H3,(H,30,31). The third-order valence-corrected chi connectivity index (χ3v) is 5.61. The number of benzene rings is 3. The number of aromatic carboxylic acids is 1. The zero-order valence-electron chi connectivity index (χ0n) is 17.7. The van der Waals surface area contributed by atoms with Crippen LogP contribution in [0.5, 0.6) is 0 Å². The van der Waals surface area contributed by atoms with Gasteiger partial charge in [-0.3, -0.25) is 0 Å². The number of para-hydroxylation sites is 1. The molecular formula is C27H26N2O2. The van der Waals surface area contributed by atoms with E-state index in [1.54, 1.807) is 12.1 Å². The summed E-state index contributed by atoms with van der Waals surface area (Å²) in [6.07, 6.45) is 5.04. The highest BCUT2D eigenvalue weighted by atomic mass is 16.4. The summed E-state index contributed by atoms with van der Waals surface area (Å²) < 4.78 is 2.29. The second kappa shape index (κ2) is 9.00. The number of fused-ring (bicyclic) bond motifs is 1. The summed E-state index contributed by atoms with van der Waals surface area (Å²) in [5, 5.41) is 9.49. The van der Waals surface area contributed by atoms with Crippen LogP contribution in [0.2, 0.25) is 0 Å². The fourth-order valence-electron chi connectivity index (χ4n) is 4.02. The van der Waals surface area contributed by atoms with Crippen molar-refractivity contribution in [3.8, 4) is 11.1 Å². The number of hydrogen-bond acceptors (Lipinski definition) is 2. The van der Waals surface area contributed by atoms with Gasteiger partial charge in [-0.1, -0.05) is 80.6 Å². The number of hydrogen-bond donors (Lipinski definition) is 1. The van der Waals surface area contributed by atoms with Gasteiger partial charge in [0.1, 0.15) is 5.82 Å². The quantitative estimate of drug-likeness (QED) is 0.364. The lowest BCUT2D eigenvalue weighted by atomic mass is 9.98. The largest absolute Gasteiger partial charge is 0.478 e. The van der Waals surface area contributed by atoms with Crippen molar-refractivity contribution in [2.75, 3.05) is 0 Å². The molecule has 0 aliphatic heterocycles. The SMILES string of the molecule is C=Cc1cccc2nc(CCCC)n(Cc3ccc(-c4ccccc4C(=O)O)cc3)c12. The van der Waals surface area contributed by atoms with Crippen molar-refractivity contribution in [2.24, 2.45) is 0 Å². The number of carbonyl (C=O) groups is 1. The van der Waals surface area contributed by atoms with Gasteiger partial charge in [-0.15, -0.1) is 0 Å². The molecule has 0 fully saturated rings. The van der Waals surface area contributed by atoms with Gasteiger partial charge in [0, 0.05) is 13.0 Å². The molecule has 4 rings (SSSR count). The summed E-state index contributed by atoms with van der Waals surface area (Å²) in [6.45, 7) is 6.88. The van der Waals surface area contributed by atoms with Gasteiger partial charge in [-0.05, 0) is 40.8 Å². The molecular weight excluding hydrogens is 384 g/mol. The predicted molar refractivity (Wildman–Crippen MR) is 126 cm³/mol. The summed E-state index contributed by atoms with van der Waals surface area (Å²) in [7, 11) is 0. The van der Waals surface area contributed by atoms with Gasteiger partial charge >= 0.3 is 5.97 Å². The Balaban J connectivity index is 1.71. The number of carboxylic acid groups (broad SMARTS) is 1. The van der Waals surface area contributed by atoms with Crippen LogP contribution >= 0.6 is 0 Å². The monoisotopic (exact) mass is 410 g/mol. The molecule has 3 aromatic carbocycles. The summed E-state index contributed by atoms with van der Waals surface area (Å²) >= 11 is 0. The van der Waals surface area contributed by atoms with E-state index >= 15 is 0 Å². The Bertz CT molecular complexity index is 1240. The second-order valence-corrected chi connectivity index (χ2v) is 7.68. The minimum Gasteiger partial charge on any atom is -0.478 e. The van der Waals surface area contributed by atoms with Crippen LogP contribution in [-0.4, -0.2) is 20.6 Å². The van der Waals surface area contributed by atoms with Gasteiger partial charge in [0.25, 0.3) is 0 Å². The van der Waals surface area contributed by atoms with Crippen molar-refractivity contribution in [1.82, 2.24) is 9.55 Å². The molecule has 1 heterocycles. The van der Waals surface area contributed by atoms with Crippen molar-refractivity contribution in [3.05, 3.63) is 95.8 Å². The maximum Gasteiger partial charge on any atom is 0.336 e. The van der Waals surface area contributed by atoms with Crippen LogP contribution in [0.25, 0.3) is 28.2 Å². The first-order valence-electron chi connectivity index (χ1n) is 10.6. The zero-order valence-corrected chi connectivity index (χ0v) is 17.7. The van der Waals surface area contributed by atoms with Crippen LogP contribution in [-0.2, 0) is 13.0 Å². The number of rotatable bonds is 8.